The van der Waals surface area contributed by atoms with Crippen molar-refractivity contribution in [3.05, 3.63) is 0 Å². The maximum Gasteiger partial charge on any atom is 0.112 e. The largest absolute Gasteiger partial charge is 0.385 e. The van der Waals surface area contributed by atoms with E-state index >= 15 is 0 Å². The van der Waals surface area contributed by atoms with Crippen molar-refractivity contribution in [1.29, 1.82) is 0 Å². The number of halogens is 1. The second kappa shape index (κ2) is 6.52. The summed E-state index contributed by atoms with van der Waals surface area (Å²) in [5.74, 6) is 0.0103. The van der Waals surface area contributed by atoms with Crippen LogP contribution in [0.15, 0.2) is 0 Å². The Morgan fingerprint density at radius 1 is 1.62 bits per heavy atom. The second-order valence-corrected chi connectivity index (χ2v) is 4.89. The highest BCUT2D eigenvalue weighted by molar-refractivity contribution is 4.86. The monoisotopic (exact) mass is 233 g/mol. The molecule has 3 atom stereocenters. The molecule has 0 aromatic carbocycles. The van der Waals surface area contributed by atoms with Crippen LogP contribution in [0.1, 0.15) is 26.7 Å². The minimum absolute atomic E-state index is 0.0103. The molecule has 0 spiro atoms. The summed E-state index contributed by atoms with van der Waals surface area (Å²) in [5, 5.41) is 3.29. The molecule has 0 aromatic heterocycles. The average molecular weight is 233 g/mol. The van der Waals surface area contributed by atoms with E-state index in [2.05, 4.69) is 5.32 Å². The summed E-state index contributed by atoms with van der Waals surface area (Å²) >= 11 is 0. The number of nitrogens with one attached hydrogen (secondary N) is 1. The van der Waals surface area contributed by atoms with E-state index in [1.807, 2.05) is 6.92 Å². The molecule has 1 fully saturated rings. The molecule has 4 heteroatoms. The SMILES string of the molecule is COCCC(C)C(C)(F)CC1COCCN1. The predicted octanol–water partition coefficient (Wildman–Crippen LogP) is 1.77. The molecule has 1 rings (SSSR count). The Hall–Kier alpha value is -0.190. The first-order chi connectivity index (χ1) is 7.56. The number of alkyl halides is 1. The summed E-state index contributed by atoms with van der Waals surface area (Å²) < 4.78 is 24.8. The molecule has 3 unspecified atom stereocenters. The van der Waals surface area contributed by atoms with Crippen LogP contribution < -0.4 is 5.32 Å². The Kier molecular flexibility index (Phi) is 5.66. The van der Waals surface area contributed by atoms with Gasteiger partial charge in [0.1, 0.15) is 5.67 Å². The zero-order valence-electron chi connectivity index (χ0n) is 10.6. The zero-order chi connectivity index (χ0) is 12.0. The highest BCUT2D eigenvalue weighted by Crippen LogP contribution is 2.30. The summed E-state index contributed by atoms with van der Waals surface area (Å²) in [5.41, 5.74) is -1.16. The molecule has 96 valence electrons. The van der Waals surface area contributed by atoms with Crippen molar-refractivity contribution in [2.24, 2.45) is 5.92 Å². The summed E-state index contributed by atoms with van der Waals surface area (Å²) in [7, 11) is 1.65. The Bertz CT molecular complexity index is 193. The lowest BCUT2D eigenvalue weighted by molar-refractivity contribution is 0.0217. The first-order valence-electron chi connectivity index (χ1n) is 6.05. The number of morpholine rings is 1. The van der Waals surface area contributed by atoms with Crippen LogP contribution in [-0.4, -0.2) is 45.2 Å². The van der Waals surface area contributed by atoms with E-state index in [0.717, 1.165) is 19.6 Å². The first-order valence-corrected chi connectivity index (χ1v) is 6.05. The maximum absolute atomic E-state index is 14.4. The summed E-state index contributed by atoms with van der Waals surface area (Å²) in [6.07, 6.45) is 1.27. The molecule has 0 aromatic rings. The van der Waals surface area contributed by atoms with E-state index in [1.165, 1.54) is 0 Å². The Morgan fingerprint density at radius 3 is 2.94 bits per heavy atom. The normalized spacial score (nSPS) is 27.4. The van der Waals surface area contributed by atoms with Gasteiger partial charge >= 0.3 is 0 Å². The lowest BCUT2D eigenvalue weighted by Crippen LogP contribution is -2.46. The molecule has 0 radical (unpaired) electrons. The summed E-state index contributed by atoms with van der Waals surface area (Å²) in [6, 6.07) is 0.147. The molecule has 1 heterocycles. The van der Waals surface area contributed by atoms with Crippen molar-refractivity contribution in [3.63, 3.8) is 0 Å². The standard InChI is InChI=1S/C12H24FNO2/c1-10(4-6-15-3)12(2,13)8-11-9-16-7-5-14-11/h10-11,14H,4-9H2,1-3H3. The maximum atomic E-state index is 14.4. The van der Waals surface area contributed by atoms with Gasteiger partial charge in [-0.2, -0.15) is 0 Å². The van der Waals surface area contributed by atoms with E-state index in [1.54, 1.807) is 14.0 Å². The topological polar surface area (TPSA) is 30.5 Å². The smallest absolute Gasteiger partial charge is 0.112 e. The van der Waals surface area contributed by atoms with Crippen LogP contribution in [0.2, 0.25) is 0 Å². The van der Waals surface area contributed by atoms with Crippen LogP contribution in [0.4, 0.5) is 4.39 Å². The van der Waals surface area contributed by atoms with Gasteiger partial charge in [-0.05, 0) is 25.7 Å². The fourth-order valence-corrected chi connectivity index (χ4v) is 2.03. The van der Waals surface area contributed by atoms with Gasteiger partial charge in [0.2, 0.25) is 0 Å². The number of methoxy groups -OCH3 is 1. The molecule has 0 saturated carbocycles. The van der Waals surface area contributed by atoms with Crippen LogP contribution in [0.3, 0.4) is 0 Å². The molecule has 0 amide bonds. The van der Waals surface area contributed by atoms with Gasteiger partial charge in [-0.1, -0.05) is 6.92 Å². The molecule has 1 aliphatic rings. The predicted molar refractivity (Wildman–Crippen MR) is 62.4 cm³/mol. The van der Waals surface area contributed by atoms with Crippen molar-refractivity contribution in [2.45, 2.75) is 38.4 Å². The number of hydrogen-bond donors (Lipinski definition) is 1. The molecule has 1 N–H and O–H groups in total. The van der Waals surface area contributed by atoms with Gasteiger partial charge in [-0.15, -0.1) is 0 Å². The molecular formula is C12H24FNO2. The van der Waals surface area contributed by atoms with Crippen molar-refractivity contribution in [2.75, 3.05) is 33.5 Å². The minimum atomic E-state index is -1.16. The molecule has 0 bridgehead atoms. The molecule has 16 heavy (non-hydrogen) atoms. The highest BCUT2D eigenvalue weighted by atomic mass is 19.1. The molecule has 0 aliphatic carbocycles. The fraction of sp³-hybridized carbons (Fsp3) is 1.00. The van der Waals surface area contributed by atoms with Gasteiger partial charge in [-0.3, -0.25) is 0 Å². The third kappa shape index (κ3) is 4.36. The minimum Gasteiger partial charge on any atom is -0.385 e. The fourth-order valence-electron chi connectivity index (χ4n) is 2.03. The Morgan fingerprint density at radius 2 is 2.38 bits per heavy atom. The van der Waals surface area contributed by atoms with Crippen molar-refractivity contribution in [1.82, 2.24) is 5.32 Å². The lowest BCUT2D eigenvalue weighted by atomic mass is 9.84. The van der Waals surface area contributed by atoms with Gasteiger partial charge < -0.3 is 14.8 Å². The quantitative estimate of drug-likeness (QED) is 0.758. The van der Waals surface area contributed by atoms with Crippen LogP contribution in [0, 0.1) is 5.92 Å². The molecule has 3 nitrogen and oxygen atoms in total. The van der Waals surface area contributed by atoms with E-state index in [9.17, 15) is 4.39 Å². The Balaban J connectivity index is 2.35. The molecular weight excluding hydrogens is 209 g/mol. The van der Waals surface area contributed by atoms with Gasteiger partial charge in [0.15, 0.2) is 0 Å². The third-order valence-corrected chi connectivity index (χ3v) is 3.43. The van der Waals surface area contributed by atoms with Crippen LogP contribution >= 0.6 is 0 Å². The first kappa shape index (κ1) is 13.9. The number of ether oxygens (including phenoxy) is 2. The van der Waals surface area contributed by atoms with E-state index in [0.29, 0.717) is 19.6 Å². The van der Waals surface area contributed by atoms with Crippen molar-refractivity contribution >= 4 is 0 Å². The molecule has 1 aliphatic heterocycles. The molecule has 1 saturated heterocycles. The third-order valence-electron chi connectivity index (χ3n) is 3.43. The van der Waals surface area contributed by atoms with Gasteiger partial charge in [0, 0.05) is 26.3 Å². The van der Waals surface area contributed by atoms with E-state index in [4.69, 9.17) is 9.47 Å². The van der Waals surface area contributed by atoms with Gasteiger partial charge in [0.25, 0.3) is 0 Å². The number of hydrogen-bond acceptors (Lipinski definition) is 3. The van der Waals surface area contributed by atoms with Crippen molar-refractivity contribution in [3.8, 4) is 0 Å². The number of rotatable bonds is 6. The van der Waals surface area contributed by atoms with Crippen LogP contribution in [0.5, 0.6) is 0 Å². The van der Waals surface area contributed by atoms with Crippen molar-refractivity contribution < 1.29 is 13.9 Å². The highest BCUT2D eigenvalue weighted by Gasteiger charge is 2.34. The van der Waals surface area contributed by atoms with Crippen LogP contribution in [-0.2, 0) is 9.47 Å². The summed E-state index contributed by atoms with van der Waals surface area (Å²) in [4.78, 5) is 0. The Labute approximate surface area is 97.7 Å². The van der Waals surface area contributed by atoms with Gasteiger partial charge in [0.05, 0.1) is 13.2 Å². The summed E-state index contributed by atoms with van der Waals surface area (Å²) in [6.45, 7) is 6.43. The van der Waals surface area contributed by atoms with Crippen LogP contribution in [0.25, 0.3) is 0 Å². The van der Waals surface area contributed by atoms with E-state index in [-0.39, 0.29) is 12.0 Å². The lowest BCUT2D eigenvalue weighted by Gasteiger charge is -2.33. The zero-order valence-corrected chi connectivity index (χ0v) is 10.6. The second-order valence-electron chi connectivity index (χ2n) is 4.89. The van der Waals surface area contributed by atoms with E-state index < -0.39 is 5.67 Å². The van der Waals surface area contributed by atoms with Gasteiger partial charge in [-0.25, -0.2) is 4.39 Å². The average Bonchev–Trinajstić information content (AvgIpc) is 2.26.